The molecule has 3 heterocycles. The van der Waals surface area contributed by atoms with Crippen LogP contribution in [-0.2, 0) is 11.2 Å². The lowest BCUT2D eigenvalue weighted by Gasteiger charge is -2.39. The van der Waals surface area contributed by atoms with Crippen molar-refractivity contribution < 1.29 is 14.0 Å². The molecule has 0 saturated carbocycles. The molecule has 0 unspecified atom stereocenters. The van der Waals surface area contributed by atoms with E-state index < -0.39 is 0 Å². The zero-order chi connectivity index (χ0) is 23.7. The summed E-state index contributed by atoms with van der Waals surface area (Å²) in [6, 6.07) is 15.6. The molecule has 0 spiro atoms. The minimum Gasteiger partial charge on any atom is -0.338 e. The second kappa shape index (κ2) is 9.86. The number of piperazine rings is 1. The van der Waals surface area contributed by atoms with Crippen molar-refractivity contribution in [2.75, 3.05) is 39.3 Å². The van der Waals surface area contributed by atoms with Gasteiger partial charge in [-0.2, -0.15) is 0 Å². The zero-order valence-corrected chi connectivity index (χ0v) is 20.2. The highest BCUT2D eigenvalue weighted by Crippen LogP contribution is 2.37. The van der Waals surface area contributed by atoms with Gasteiger partial charge in [0.05, 0.1) is 23.2 Å². The first-order valence-corrected chi connectivity index (χ1v) is 12.6. The number of fused-ring (bicyclic) bond motifs is 1. The van der Waals surface area contributed by atoms with Crippen LogP contribution in [0.1, 0.15) is 32.4 Å². The van der Waals surface area contributed by atoms with Crippen LogP contribution in [0.25, 0.3) is 0 Å². The molecule has 5 nitrogen and oxygen atoms in total. The Morgan fingerprint density at radius 2 is 1.74 bits per heavy atom. The number of carbonyl (C=O) groups is 2. The first-order chi connectivity index (χ1) is 16.5. The fourth-order valence-electron chi connectivity index (χ4n) is 4.84. The van der Waals surface area contributed by atoms with Crippen LogP contribution in [0.5, 0.6) is 0 Å². The van der Waals surface area contributed by atoms with Crippen molar-refractivity contribution in [3.8, 4) is 0 Å². The number of amides is 2. The SMILES string of the molecule is O=C(CN1CCc2sccc2[C@H]1c1cccc(F)c1)N1CCN(C(=O)c2ccccc2Cl)CC1. The normalized spacial score (nSPS) is 18.6. The lowest BCUT2D eigenvalue weighted by Crippen LogP contribution is -2.53. The Labute approximate surface area is 207 Å². The van der Waals surface area contributed by atoms with Gasteiger partial charge in [0.2, 0.25) is 5.91 Å². The maximum atomic E-state index is 14.0. The van der Waals surface area contributed by atoms with E-state index in [0.717, 1.165) is 24.1 Å². The van der Waals surface area contributed by atoms with Gasteiger partial charge in [-0.25, -0.2) is 4.39 Å². The highest BCUT2D eigenvalue weighted by molar-refractivity contribution is 7.10. The number of rotatable bonds is 4. The molecule has 1 fully saturated rings. The summed E-state index contributed by atoms with van der Waals surface area (Å²) in [5, 5.41) is 2.50. The molecule has 0 radical (unpaired) electrons. The lowest BCUT2D eigenvalue weighted by molar-refractivity contribution is -0.134. The Bertz CT molecular complexity index is 1210. The second-order valence-corrected chi connectivity index (χ2v) is 10.0. The van der Waals surface area contributed by atoms with Gasteiger partial charge in [0, 0.05) is 37.6 Å². The molecule has 1 atom stereocenters. The Balaban J connectivity index is 1.26. The third kappa shape index (κ3) is 4.60. The predicted octanol–water partition coefficient (Wildman–Crippen LogP) is 4.47. The molecular weight excluding hydrogens is 473 g/mol. The lowest BCUT2D eigenvalue weighted by atomic mass is 9.93. The van der Waals surface area contributed by atoms with Crippen molar-refractivity contribution in [3.63, 3.8) is 0 Å². The predicted molar refractivity (Wildman–Crippen MR) is 132 cm³/mol. The summed E-state index contributed by atoms with van der Waals surface area (Å²) in [7, 11) is 0. The quantitative estimate of drug-likeness (QED) is 0.534. The van der Waals surface area contributed by atoms with Crippen LogP contribution in [0.15, 0.2) is 60.0 Å². The largest absolute Gasteiger partial charge is 0.338 e. The topological polar surface area (TPSA) is 43.9 Å². The Kier molecular flexibility index (Phi) is 6.68. The minimum atomic E-state index is -0.273. The zero-order valence-electron chi connectivity index (χ0n) is 18.6. The Hall–Kier alpha value is -2.74. The van der Waals surface area contributed by atoms with Crippen LogP contribution >= 0.6 is 22.9 Å². The maximum Gasteiger partial charge on any atom is 0.255 e. The van der Waals surface area contributed by atoms with Crippen LogP contribution in [-0.4, -0.2) is 65.8 Å². The average Bonchev–Trinajstić information content (AvgIpc) is 3.33. The average molecular weight is 498 g/mol. The van der Waals surface area contributed by atoms with Crippen molar-refractivity contribution in [1.29, 1.82) is 0 Å². The number of benzene rings is 2. The number of hydrogen-bond acceptors (Lipinski definition) is 4. The smallest absolute Gasteiger partial charge is 0.255 e. The van der Waals surface area contributed by atoms with Gasteiger partial charge in [0.1, 0.15) is 5.82 Å². The van der Waals surface area contributed by atoms with E-state index in [-0.39, 0.29) is 30.2 Å². The van der Waals surface area contributed by atoms with Crippen LogP contribution < -0.4 is 0 Å². The standard InChI is InChI=1S/C26H25ClFN3O2S/c27-22-7-2-1-6-20(22)26(33)30-13-11-29(12-14-30)24(32)17-31-10-8-23-21(9-15-34-23)25(31)18-4-3-5-19(28)16-18/h1-7,9,15-16,25H,8,10-14,17H2/t25-/m1/s1. The monoisotopic (exact) mass is 497 g/mol. The number of nitrogens with zero attached hydrogens (tertiary/aromatic N) is 3. The molecule has 2 aliphatic rings. The molecule has 0 N–H and O–H groups in total. The third-order valence-electron chi connectivity index (χ3n) is 6.59. The molecule has 0 aliphatic carbocycles. The number of hydrogen-bond donors (Lipinski definition) is 0. The van der Waals surface area contributed by atoms with Crippen molar-refractivity contribution >= 4 is 34.8 Å². The fourth-order valence-corrected chi connectivity index (χ4v) is 5.96. The number of halogens is 2. The van der Waals surface area contributed by atoms with Crippen molar-refractivity contribution in [1.82, 2.24) is 14.7 Å². The summed E-state index contributed by atoms with van der Waals surface area (Å²) in [6.07, 6.45) is 0.881. The molecule has 2 aromatic carbocycles. The van der Waals surface area contributed by atoms with Gasteiger partial charge in [0.15, 0.2) is 0 Å². The van der Waals surface area contributed by atoms with Gasteiger partial charge in [-0.3, -0.25) is 14.5 Å². The van der Waals surface area contributed by atoms with Crippen molar-refractivity contribution in [2.24, 2.45) is 0 Å². The van der Waals surface area contributed by atoms with Gasteiger partial charge in [0.25, 0.3) is 5.91 Å². The number of carbonyl (C=O) groups excluding carboxylic acids is 2. The molecule has 176 valence electrons. The first kappa shape index (κ1) is 23.0. The molecule has 0 bridgehead atoms. The van der Waals surface area contributed by atoms with Crippen molar-refractivity contribution in [2.45, 2.75) is 12.5 Å². The van der Waals surface area contributed by atoms with Crippen molar-refractivity contribution in [3.05, 3.63) is 92.4 Å². The molecular formula is C26H25ClFN3O2S. The molecule has 2 aliphatic heterocycles. The van der Waals surface area contributed by atoms with E-state index in [9.17, 15) is 14.0 Å². The Morgan fingerprint density at radius 3 is 2.50 bits per heavy atom. The van der Waals surface area contributed by atoms with E-state index in [1.807, 2.05) is 11.0 Å². The summed E-state index contributed by atoms with van der Waals surface area (Å²) in [5.41, 5.74) is 2.51. The van der Waals surface area contributed by atoms with E-state index in [2.05, 4.69) is 16.3 Å². The van der Waals surface area contributed by atoms with Crippen LogP contribution in [0.3, 0.4) is 0 Å². The molecule has 5 rings (SSSR count). The van der Waals surface area contributed by atoms with Crippen LogP contribution in [0.4, 0.5) is 4.39 Å². The first-order valence-electron chi connectivity index (χ1n) is 11.4. The Morgan fingerprint density at radius 1 is 0.971 bits per heavy atom. The molecule has 8 heteroatoms. The highest BCUT2D eigenvalue weighted by Gasteiger charge is 2.33. The van der Waals surface area contributed by atoms with Crippen LogP contribution in [0, 0.1) is 5.82 Å². The van der Waals surface area contributed by atoms with Gasteiger partial charge in [-0.05, 0) is 53.3 Å². The van der Waals surface area contributed by atoms with E-state index in [1.54, 1.807) is 52.6 Å². The van der Waals surface area contributed by atoms with E-state index in [4.69, 9.17) is 11.6 Å². The van der Waals surface area contributed by atoms with E-state index in [0.29, 0.717) is 36.8 Å². The van der Waals surface area contributed by atoms with Crippen LogP contribution in [0.2, 0.25) is 5.02 Å². The maximum absolute atomic E-state index is 14.0. The molecule has 34 heavy (non-hydrogen) atoms. The molecule has 2 amide bonds. The van der Waals surface area contributed by atoms with E-state index >= 15 is 0 Å². The fraction of sp³-hybridized carbons (Fsp3) is 0.308. The summed E-state index contributed by atoms with van der Waals surface area (Å²) >= 11 is 7.90. The van der Waals surface area contributed by atoms with Gasteiger partial charge in [-0.1, -0.05) is 35.9 Å². The second-order valence-electron chi connectivity index (χ2n) is 8.63. The molecule has 1 saturated heterocycles. The molecule has 1 aromatic heterocycles. The summed E-state index contributed by atoms with van der Waals surface area (Å²) in [6.45, 7) is 2.91. The van der Waals surface area contributed by atoms with E-state index in [1.165, 1.54) is 10.9 Å². The summed E-state index contributed by atoms with van der Waals surface area (Å²) in [4.78, 5) is 33.1. The minimum absolute atomic E-state index is 0.0323. The summed E-state index contributed by atoms with van der Waals surface area (Å²) in [5.74, 6) is -0.347. The number of thiophene rings is 1. The van der Waals surface area contributed by atoms with Gasteiger partial charge < -0.3 is 9.80 Å². The van der Waals surface area contributed by atoms with Gasteiger partial charge >= 0.3 is 0 Å². The summed E-state index contributed by atoms with van der Waals surface area (Å²) < 4.78 is 14.0. The van der Waals surface area contributed by atoms with Gasteiger partial charge in [-0.15, -0.1) is 11.3 Å². The third-order valence-corrected chi connectivity index (χ3v) is 7.92. The molecule has 3 aromatic rings. The highest BCUT2D eigenvalue weighted by atomic mass is 35.5.